The Bertz CT molecular complexity index is 725. The number of hydrogen-bond donors (Lipinski definition) is 4. The first-order valence-electron chi connectivity index (χ1n) is 6.07. The van der Waals surface area contributed by atoms with Gasteiger partial charge in [0, 0.05) is 11.3 Å². The molecule has 0 aliphatic carbocycles. The van der Waals surface area contributed by atoms with E-state index >= 15 is 0 Å². The molecule has 2 rings (SSSR count). The molecular weight excluding hydrogens is 345 g/mol. The standard InChI is InChI=1S/C14H11Cl2N3O2S/c15-11-5-4-9(7-12(11)16)17-14(22)19-18-13(21)8-2-1-3-10(20)6-8/h1-7,20H,(H,18,21)(H2,17,19,22). The van der Waals surface area contributed by atoms with Crippen molar-refractivity contribution in [3.05, 3.63) is 58.1 Å². The van der Waals surface area contributed by atoms with Crippen molar-refractivity contribution in [2.24, 2.45) is 0 Å². The first-order chi connectivity index (χ1) is 10.5. The number of halogens is 2. The summed E-state index contributed by atoms with van der Waals surface area (Å²) in [6.07, 6.45) is 0. The quantitative estimate of drug-likeness (QED) is 0.491. The summed E-state index contributed by atoms with van der Waals surface area (Å²) in [4.78, 5) is 11.8. The lowest BCUT2D eigenvalue weighted by molar-refractivity contribution is 0.0944. The highest BCUT2D eigenvalue weighted by atomic mass is 35.5. The number of anilines is 1. The summed E-state index contributed by atoms with van der Waals surface area (Å²) in [5.74, 6) is -0.432. The fourth-order valence-corrected chi connectivity index (χ4v) is 2.04. The molecule has 1 amide bonds. The van der Waals surface area contributed by atoms with E-state index in [1.807, 2.05) is 0 Å². The van der Waals surface area contributed by atoms with Crippen molar-refractivity contribution < 1.29 is 9.90 Å². The maximum absolute atomic E-state index is 11.8. The van der Waals surface area contributed by atoms with Crippen LogP contribution in [-0.2, 0) is 0 Å². The number of nitrogens with one attached hydrogen (secondary N) is 3. The van der Waals surface area contributed by atoms with Gasteiger partial charge in [-0.25, -0.2) is 0 Å². The lowest BCUT2D eigenvalue weighted by Gasteiger charge is -2.12. The molecule has 0 bridgehead atoms. The minimum atomic E-state index is -0.436. The van der Waals surface area contributed by atoms with Crippen molar-refractivity contribution in [1.82, 2.24) is 10.9 Å². The van der Waals surface area contributed by atoms with Gasteiger partial charge < -0.3 is 10.4 Å². The molecule has 0 radical (unpaired) electrons. The van der Waals surface area contributed by atoms with E-state index in [-0.39, 0.29) is 10.9 Å². The summed E-state index contributed by atoms with van der Waals surface area (Å²) < 4.78 is 0. The topological polar surface area (TPSA) is 73.4 Å². The first kappa shape index (κ1) is 16.4. The van der Waals surface area contributed by atoms with Gasteiger partial charge in [0.2, 0.25) is 0 Å². The van der Waals surface area contributed by atoms with E-state index in [2.05, 4.69) is 16.2 Å². The zero-order chi connectivity index (χ0) is 16.1. The van der Waals surface area contributed by atoms with Gasteiger partial charge in [-0.15, -0.1) is 0 Å². The molecule has 0 saturated carbocycles. The van der Waals surface area contributed by atoms with Gasteiger partial charge in [0.05, 0.1) is 10.0 Å². The van der Waals surface area contributed by atoms with E-state index in [1.165, 1.54) is 12.1 Å². The Morgan fingerprint density at radius 3 is 2.50 bits per heavy atom. The number of thiocarbonyl (C=S) groups is 1. The van der Waals surface area contributed by atoms with Crippen molar-refractivity contribution >= 4 is 52.1 Å². The lowest BCUT2D eigenvalue weighted by atomic mass is 10.2. The Morgan fingerprint density at radius 2 is 1.82 bits per heavy atom. The molecule has 4 N–H and O–H groups in total. The van der Waals surface area contributed by atoms with Crippen LogP contribution in [0.2, 0.25) is 10.0 Å². The maximum atomic E-state index is 11.8. The largest absolute Gasteiger partial charge is 0.508 e. The molecule has 0 spiro atoms. The van der Waals surface area contributed by atoms with E-state index in [4.69, 9.17) is 35.4 Å². The van der Waals surface area contributed by atoms with Crippen LogP contribution in [-0.4, -0.2) is 16.1 Å². The van der Waals surface area contributed by atoms with Crippen LogP contribution in [0.4, 0.5) is 5.69 Å². The van der Waals surface area contributed by atoms with Crippen LogP contribution in [0, 0.1) is 0 Å². The smallest absolute Gasteiger partial charge is 0.269 e. The van der Waals surface area contributed by atoms with Crippen LogP contribution in [0.5, 0.6) is 5.75 Å². The highest BCUT2D eigenvalue weighted by Gasteiger charge is 2.07. The molecular formula is C14H11Cl2N3O2S. The molecule has 8 heteroatoms. The summed E-state index contributed by atoms with van der Waals surface area (Å²) in [5.41, 5.74) is 5.88. The van der Waals surface area contributed by atoms with E-state index < -0.39 is 5.91 Å². The van der Waals surface area contributed by atoms with Crippen LogP contribution in [0.1, 0.15) is 10.4 Å². The molecule has 0 fully saturated rings. The molecule has 2 aromatic carbocycles. The molecule has 2 aromatic rings. The van der Waals surface area contributed by atoms with E-state index in [9.17, 15) is 9.90 Å². The van der Waals surface area contributed by atoms with Crippen LogP contribution in [0.3, 0.4) is 0 Å². The van der Waals surface area contributed by atoms with Crippen molar-refractivity contribution in [2.45, 2.75) is 0 Å². The third-order valence-electron chi connectivity index (χ3n) is 2.58. The molecule has 0 heterocycles. The SMILES string of the molecule is O=C(NNC(=S)Nc1ccc(Cl)c(Cl)c1)c1cccc(O)c1. The number of carbonyl (C=O) groups excluding carboxylic acids is 1. The number of carbonyl (C=O) groups is 1. The minimum absolute atomic E-state index is 0.00385. The van der Waals surface area contributed by atoms with Crippen LogP contribution >= 0.6 is 35.4 Å². The Hall–Kier alpha value is -2.02. The van der Waals surface area contributed by atoms with E-state index in [0.29, 0.717) is 21.3 Å². The molecule has 0 atom stereocenters. The Balaban J connectivity index is 1.90. The van der Waals surface area contributed by atoms with E-state index in [0.717, 1.165) is 0 Å². The number of rotatable bonds is 2. The molecule has 22 heavy (non-hydrogen) atoms. The number of phenolic OH excluding ortho intramolecular Hbond substituents is 1. The number of benzene rings is 2. The first-order valence-corrected chi connectivity index (χ1v) is 7.23. The van der Waals surface area contributed by atoms with Gasteiger partial charge in [0.1, 0.15) is 5.75 Å². The maximum Gasteiger partial charge on any atom is 0.269 e. The normalized spacial score (nSPS) is 9.91. The fraction of sp³-hybridized carbons (Fsp3) is 0. The third kappa shape index (κ3) is 4.49. The highest BCUT2D eigenvalue weighted by molar-refractivity contribution is 7.80. The predicted molar refractivity (Wildman–Crippen MR) is 91.4 cm³/mol. The average molecular weight is 356 g/mol. The second-order valence-electron chi connectivity index (χ2n) is 4.21. The van der Waals surface area contributed by atoms with Gasteiger partial charge in [-0.1, -0.05) is 29.3 Å². The van der Waals surface area contributed by atoms with Crippen molar-refractivity contribution in [1.29, 1.82) is 0 Å². The van der Waals surface area contributed by atoms with Gasteiger partial charge >= 0.3 is 0 Å². The molecule has 5 nitrogen and oxygen atoms in total. The molecule has 0 aromatic heterocycles. The number of hydrogen-bond acceptors (Lipinski definition) is 3. The second kappa shape index (κ2) is 7.31. The van der Waals surface area contributed by atoms with Gasteiger partial charge in [-0.2, -0.15) is 0 Å². The molecule has 0 saturated heterocycles. The van der Waals surface area contributed by atoms with Crippen molar-refractivity contribution in [2.75, 3.05) is 5.32 Å². The van der Waals surface area contributed by atoms with Crippen LogP contribution in [0.25, 0.3) is 0 Å². The second-order valence-corrected chi connectivity index (χ2v) is 5.44. The van der Waals surface area contributed by atoms with Gasteiger partial charge in [0.15, 0.2) is 5.11 Å². The van der Waals surface area contributed by atoms with Crippen molar-refractivity contribution in [3.63, 3.8) is 0 Å². The van der Waals surface area contributed by atoms with E-state index in [1.54, 1.807) is 30.3 Å². The van der Waals surface area contributed by atoms with Gasteiger partial charge in [0.25, 0.3) is 5.91 Å². The molecule has 0 aliphatic rings. The van der Waals surface area contributed by atoms with Gasteiger partial charge in [-0.3, -0.25) is 15.6 Å². The Labute approximate surface area is 142 Å². The molecule has 114 valence electrons. The number of amides is 1. The third-order valence-corrected chi connectivity index (χ3v) is 3.52. The highest BCUT2D eigenvalue weighted by Crippen LogP contribution is 2.24. The summed E-state index contributed by atoms with van der Waals surface area (Å²) >= 11 is 16.7. The zero-order valence-corrected chi connectivity index (χ0v) is 13.4. The summed E-state index contributed by atoms with van der Waals surface area (Å²) in [7, 11) is 0. The summed E-state index contributed by atoms with van der Waals surface area (Å²) in [6.45, 7) is 0. The number of phenols is 1. The summed E-state index contributed by atoms with van der Waals surface area (Å²) in [5, 5.41) is 13.2. The zero-order valence-electron chi connectivity index (χ0n) is 11.1. The van der Waals surface area contributed by atoms with Gasteiger partial charge in [-0.05, 0) is 48.6 Å². The monoisotopic (exact) mass is 355 g/mol. The lowest BCUT2D eigenvalue weighted by Crippen LogP contribution is -2.43. The minimum Gasteiger partial charge on any atom is -0.508 e. The predicted octanol–water partition coefficient (Wildman–Crippen LogP) is 3.33. The Morgan fingerprint density at radius 1 is 1.05 bits per heavy atom. The average Bonchev–Trinajstić information content (AvgIpc) is 2.48. The number of aromatic hydroxyl groups is 1. The number of hydrazine groups is 1. The molecule has 0 aliphatic heterocycles. The summed E-state index contributed by atoms with van der Waals surface area (Å²) in [6, 6.07) is 10.9. The Kier molecular flexibility index (Phi) is 5.43. The van der Waals surface area contributed by atoms with Crippen LogP contribution < -0.4 is 16.2 Å². The fourth-order valence-electron chi connectivity index (χ4n) is 1.57. The van der Waals surface area contributed by atoms with Crippen LogP contribution in [0.15, 0.2) is 42.5 Å². The van der Waals surface area contributed by atoms with Crippen molar-refractivity contribution in [3.8, 4) is 5.75 Å². The molecule has 0 unspecified atom stereocenters.